The second-order valence-electron chi connectivity index (χ2n) is 3.98. The van der Waals surface area contributed by atoms with Crippen molar-refractivity contribution in [3.05, 3.63) is 57.1 Å². The first-order chi connectivity index (χ1) is 8.25. The van der Waals surface area contributed by atoms with Gasteiger partial charge in [0.05, 0.1) is 11.9 Å². The summed E-state index contributed by atoms with van der Waals surface area (Å²) in [6.45, 7) is 0.676. The molecule has 86 valence electrons. The molecule has 0 spiro atoms. The van der Waals surface area contributed by atoms with E-state index in [1.807, 2.05) is 24.3 Å². The molecule has 0 fully saturated rings. The van der Waals surface area contributed by atoms with Crippen LogP contribution in [-0.4, -0.2) is 16.5 Å². The summed E-state index contributed by atoms with van der Waals surface area (Å²) in [6, 6.07) is 7.57. The highest BCUT2D eigenvalue weighted by Gasteiger charge is 2.27. The Labute approximate surface area is 103 Å². The van der Waals surface area contributed by atoms with Crippen molar-refractivity contribution >= 4 is 17.4 Å². The van der Waals surface area contributed by atoms with Gasteiger partial charge in [0.2, 0.25) is 0 Å². The third kappa shape index (κ3) is 1.70. The van der Waals surface area contributed by atoms with Crippen LogP contribution in [0.1, 0.15) is 17.0 Å². The average molecular weight is 248 g/mol. The van der Waals surface area contributed by atoms with Gasteiger partial charge in [0.25, 0.3) is 5.56 Å². The van der Waals surface area contributed by atoms with Crippen molar-refractivity contribution in [3.63, 3.8) is 0 Å². The van der Waals surface area contributed by atoms with Gasteiger partial charge in [0.15, 0.2) is 0 Å². The number of rotatable bonds is 1. The van der Waals surface area contributed by atoms with Gasteiger partial charge in [-0.2, -0.15) is 0 Å². The smallest absolute Gasteiger partial charge is 0.256 e. The Morgan fingerprint density at radius 2 is 2.29 bits per heavy atom. The molecule has 1 aromatic heterocycles. The van der Waals surface area contributed by atoms with Crippen LogP contribution >= 0.6 is 11.6 Å². The fourth-order valence-corrected chi connectivity index (χ4v) is 2.38. The maximum absolute atomic E-state index is 11.8. The van der Waals surface area contributed by atoms with Crippen LogP contribution in [0.3, 0.4) is 0 Å². The molecule has 0 radical (unpaired) electrons. The van der Waals surface area contributed by atoms with E-state index >= 15 is 0 Å². The first-order valence-electron chi connectivity index (χ1n) is 5.32. The lowest BCUT2D eigenvalue weighted by molar-refractivity contribution is 0.887. The lowest BCUT2D eigenvalue weighted by Gasteiger charge is -2.09. The highest BCUT2D eigenvalue weighted by atomic mass is 35.5. The molecular formula is C12H10ClN3O. The number of halogens is 1. The molecular weight excluding hydrogens is 238 g/mol. The Bertz CT molecular complexity index is 623. The standard InChI is InChI=1S/C12H10ClN3O/c13-8-3-1-2-7(4-8)9-5-14-11-10(9)12(17)16-6-15-11/h1-4,6,9H,5H2,(H2,14,15,16,17)/t9-/m1/s1. The Morgan fingerprint density at radius 1 is 1.41 bits per heavy atom. The van der Waals surface area contributed by atoms with Gasteiger partial charge in [0, 0.05) is 17.5 Å². The second kappa shape index (κ2) is 3.89. The Morgan fingerprint density at radius 3 is 3.12 bits per heavy atom. The molecule has 0 unspecified atom stereocenters. The number of benzene rings is 1. The van der Waals surface area contributed by atoms with E-state index in [0.29, 0.717) is 22.9 Å². The number of nitrogens with zero attached hydrogens (tertiary/aromatic N) is 1. The van der Waals surface area contributed by atoms with Crippen molar-refractivity contribution in [2.45, 2.75) is 5.92 Å². The average Bonchev–Trinajstić information content (AvgIpc) is 2.74. The van der Waals surface area contributed by atoms with E-state index in [2.05, 4.69) is 15.3 Å². The maximum Gasteiger partial charge on any atom is 0.256 e. The van der Waals surface area contributed by atoms with E-state index < -0.39 is 0 Å². The number of fused-ring (bicyclic) bond motifs is 1. The number of hydrogen-bond acceptors (Lipinski definition) is 3. The zero-order valence-corrected chi connectivity index (χ0v) is 9.66. The predicted molar refractivity (Wildman–Crippen MR) is 66.6 cm³/mol. The van der Waals surface area contributed by atoms with E-state index in [-0.39, 0.29) is 11.5 Å². The summed E-state index contributed by atoms with van der Waals surface area (Å²) in [7, 11) is 0. The van der Waals surface area contributed by atoms with Crippen LogP contribution in [0.15, 0.2) is 35.4 Å². The summed E-state index contributed by atoms with van der Waals surface area (Å²) in [6.07, 6.45) is 1.41. The van der Waals surface area contributed by atoms with Crippen LogP contribution in [0.2, 0.25) is 5.02 Å². The van der Waals surface area contributed by atoms with E-state index in [1.54, 1.807) is 0 Å². The molecule has 1 aliphatic rings. The van der Waals surface area contributed by atoms with Crippen molar-refractivity contribution in [1.82, 2.24) is 9.97 Å². The Kier molecular flexibility index (Phi) is 2.37. The van der Waals surface area contributed by atoms with Crippen molar-refractivity contribution in [1.29, 1.82) is 0 Å². The van der Waals surface area contributed by atoms with Gasteiger partial charge in [0.1, 0.15) is 5.82 Å². The monoisotopic (exact) mass is 247 g/mol. The molecule has 2 aromatic rings. The zero-order valence-electron chi connectivity index (χ0n) is 8.90. The summed E-state index contributed by atoms with van der Waals surface area (Å²) in [5.41, 5.74) is 1.63. The predicted octanol–water partition coefficient (Wildman–Crippen LogP) is 1.98. The summed E-state index contributed by atoms with van der Waals surface area (Å²) in [4.78, 5) is 18.5. The highest BCUT2D eigenvalue weighted by Crippen LogP contribution is 2.32. The van der Waals surface area contributed by atoms with Gasteiger partial charge in [-0.15, -0.1) is 0 Å². The van der Waals surface area contributed by atoms with E-state index in [4.69, 9.17) is 11.6 Å². The SMILES string of the molecule is O=c1[nH]cnc2c1[C@@H](c1cccc(Cl)c1)CN2. The summed E-state index contributed by atoms with van der Waals surface area (Å²) in [5.74, 6) is 0.680. The van der Waals surface area contributed by atoms with Crippen LogP contribution in [0, 0.1) is 0 Å². The molecule has 0 amide bonds. The van der Waals surface area contributed by atoms with Gasteiger partial charge in [-0.25, -0.2) is 4.98 Å². The fourth-order valence-electron chi connectivity index (χ4n) is 2.18. The van der Waals surface area contributed by atoms with E-state index in [1.165, 1.54) is 6.33 Å². The molecule has 4 nitrogen and oxygen atoms in total. The van der Waals surface area contributed by atoms with Crippen molar-refractivity contribution in [2.24, 2.45) is 0 Å². The molecule has 2 heterocycles. The van der Waals surface area contributed by atoms with Crippen LogP contribution in [-0.2, 0) is 0 Å². The van der Waals surface area contributed by atoms with Gasteiger partial charge in [-0.05, 0) is 17.7 Å². The largest absolute Gasteiger partial charge is 0.369 e. The molecule has 0 aliphatic carbocycles. The number of nitrogens with one attached hydrogen (secondary N) is 2. The van der Waals surface area contributed by atoms with Gasteiger partial charge < -0.3 is 10.3 Å². The lowest BCUT2D eigenvalue weighted by Crippen LogP contribution is -2.15. The minimum Gasteiger partial charge on any atom is -0.369 e. The van der Waals surface area contributed by atoms with Gasteiger partial charge >= 0.3 is 0 Å². The minimum absolute atomic E-state index is 0.0150. The van der Waals surface area contributed by atoms with Crippen LogP contribution < -0.4 is 10.9 Å². The molecule has 3 rings (SSSR count). The number of anilines is 1. The molecule has 1 atom stereocenters. The van der Waals surface area contributed by atoms with Crippen molar-refractivity contribution < 1.29 is 0 Å². The third-order valence-corrected chi connectivity index (χ3v) is 3.20. The number of H-pyrrole nitrogens is 1. The Balaban J connectivity index is 2.13. The topological polar surface area (TPSA) is 57.8 Å². The molecule has 2 N–H and O–H groups in total. The zero-order chi connectivity index (χ0) is 11.8. The fraction of sp³-hybridized carbons (Fsp3) is 0.167. The first kappa shape index (κ1) is 10.4. The number of aromatic amines is 1. The minimum atomic E-state index is -0.0926. The van der Waals surface area contributed by atoms with E-state index in [9.17, 15) is 4.79 Å². The lowest BCUT2D eigenvalue weighted by atomic mass is 9.95. The maximum atomic E-state index is 11.8. The quantitative estimate of drug-likeness (QED) is 0.810. The van der Waals surface area contributed by atoms with E-state index in [0.717, 1.165) is 5.56 Å². The molecule has 0 saturated heterocycles. The molecule has 0 saturated carbocycles. The molecule has 0 bridgehead atoms. The van der Waals surface area contributed by atoms with Crippen LogP contribution in [0.5, 0.6) is 0 Å². The summed E-state index contributed by atoms with van der Waals surface area (Å²) < 4.78 is 0. The van der Waals surface area contributed by atoms with Crippen LogP contribution in [0.25, 0.3) is 0 Å². The molecule has 1 aliphatic heterocycles. The summed E-state index contributed by atoms with van der Waals surface area (Å²) >= 11 is 5.97. The number of hydrogen-bond donors (Lipinski definition) is 2. The van der Waals surface area contributed by atoms with Crippen molar-refractivity contribution in [3.8, 4) is 0 Å². The molecule has 17 heavy (non-hydrogen) atoms. The van der Waals surface area contributed by atoms with Crippen LogP contribution in [0.4, 0.5) is 5.82 Å². The molecule has 5 heteroatoms. The van der Waals surface area contributed by atoms with Gasteiger partial charge in [-0.3, -0.25) is 4.79 Å². The first-order valence-corrected chi connectivity index (χ1v) is 5.70. The third-order valence-electron chi connectivity index (χ3n) is 2.96. The highest BCUT2D eigenvalue weighted by molar-refractivity contribution is 6.30. The van der Waals surface area contributed by atoms with Crippen molar-refractivity contribution in [2.75, 3.05) is 11.9 Å². The summed E-state index contributed by atoms with van der Waals surface area (Å²) in [5, 5.41) is 3.81. The number of aromatic nitrogens is 2. The van der Waals surface area contributed by atoms with Gasteiger partial charge in [-0.1, -0.05) is 23.7 Å². The second-order valence-corrected chi connectivity index (χ2v) is 4.42. The normalized spacial score (nSPS) is 17.6. The Hall–Kier alpha value is -1.81. The molecule has 1 aromatic carbocycles.